The van der Waals surface area contributed by atoms with E-state index < -0.39 is 17.7 Å². The van der Waals surface area contributed by atoms with Gasteiger partial charge in [0.25, 0.3) is 0 Å². The van der Waals surface area contributed by atoms with Gasteiger partial charge >= 0.3 is 5.97 Å². The number of halogens is 1. The highest BCUT2D eigenvalue weighted by Crippen LogP contribution is 2.28. The SMILES string of the molecule is CO[C@H](c1c(C(=O)OC(C)(C)C)cnc2cc(Cl)nn12)[C@@H](C)OC. The highest BCUT2D eigenvalue weighted by molar-refractivity contribution is 6.29. The molecule has 0 saturated carbocycles. The molecule has 0 radical (unpaired) electrons. The van der Waals surface area contributed by atoms with Crippen molar-refractivity contribution in [3.05, 3.63) is 28.7 Å². The number of methoxy groups -OCH3 is 2. The first-order valence-electron chi connectivity index (χ1n) is 7.51. The maximum Gasteiger partial charge on any atom is 0.342 e. The summed E-state index contributed by atoms with van der Waals surface area (Å²) >= 11 is 5.99. The largest absolute Gasteiger partial charge is 0.456 e. The normalized spacial score (nSPS) is 14.6. The molecular weight excluding hydrogens is 334 g/mol. The Morgan fingerprint density at radius 2 is 1.96 bits per heavy atom. The van der Waals surface area contributed by atoms with Crippen molar-refractivity contribution in [1.29, 1.82) is 0 Å². The molecule has 24 heavy (non-hydrogen) atoms. The maximum atomic E-state index is 12.6. The second kappa shape index (κ2) is 7.04. The van der Waals surface area contributed by atoms with Gasteiger partial charge in [-0.05, 0) is 27.7 Å². The Kier molecular flexibility index (Phi) is 5.47. The number of carbonyl (C=O) groups is 1. The van der Waals surface area contributed by atoms with E-state index >= 15 is 0 Å². The lowest BCUT2D eigenvalue weighted by Gasteiger charge is -2.25. The van der Waals surface area contributed by atoms with Gasteiger partial charge in [-0.25, -0.2) is 14.3 Å². The summed E-state index contributed by atoms with van der Waals surface area (Å²) in [6, 6.07) is 1.61. The molecule has 0 amide bonds. The zero-order chi connectivity index (χ0) is 18.1. The lowest BCUT2D eigenvalue weighted by Crippen LogP contribution is -2.29. The first-order valence-corrected chi connectivity index (χ1v) is 7.89. The van der Waals surface area contributed by atoms with E-state index in [1.165, 1.54) is 17.8 Å². The van der Waals surface area contributed by atoms with Crippen LogP contribution in [0.5, 0.6) is 0 Å². The van der Waals surface area contributed by atoms with Gasteiger partial charge in [0.2, 0.25) is 0 Å². The lowest BCUT2D eigenvalue weighted by atomic mass is 10.1. The van der Waals surface area contributed by atoms with Crippen molar-refractivity contribution in [1.82, 2.24) is 14.6 Å². The molecule has 0 aliphatic heterocycles. The summed E-state index contributed by atoms with van der Waals surface area (Å²) < 4.78 is 17.9. The molecule has 2 aromatic heterocycles. The van der Waals surface area contributed by atoms with Gasteiger partial charge in [0.05, 0.1) is 11.8 Å². The van der Waals surface area contributed by atoms with Crippen LogP contribution >= 0.6 is 11.6 Å². The zero-order valence-electron chi connectivity index (χ0n) is 14.7. The van der Waals surface area contributed by atoms with Crippen molar-refractivity contribution in [2.75, 3.05) is 14.2 Å². The minimum atomic E-state index is -0.638. The Morgan fingerprint density at radius 3 is 2.50 bits per heavy atom. The van der Waals surface area contributed by atoms with Crippen LogP contribution in [-0.4, -0.2) is 46.5 Å². The molecule has 0 N–H and O–H groups in total. The summed E-state index contributed by atoms with van der Waals surface area (Å²) in [6.07, 6.45) is 0.564. The van der Waals surface area contributed by atoms with Crippen LogP contribution in [0, 0.1) is 0 Å². The van der Waals surface area contributed by atoms with Gasteiger partial charge in [0, 0.05) is 26.5 Å². The van der Waals surface area contributed by atoms with Gasteiger partial charge in [-0.3, -0.25) is 0 Å². The third-order valence-electron chi connectivity index (χ3n) is 3.43. The Hall–Kier alpha value is -1.70. The molecule has 0 aromatic carbocycles. The van der Waals surface area contributed by atoms with Gasteiger partial charge in [0.15, 0.2) is 10.8 Å². The fourth-order valence-corrected chi connectivity index (χ4v) is 2.51. The number of esters is 1. The van der Waals surface area contributed by atoms with Crippen molar-refractivity contribution < 1.29 is 19.0 Å². The first-order chi connectivity index (χ1) is 11.2. The molecule has 0 aliphatic rings. The van der Waals surface area contributed by atoms with Crippen molar-refractivity contribution in [3.63, 3.8) is 0 Å². The van der Waals surface area contributed by atoms with Crippen LogP contribution in [-0.2, 0) is 14.2 Å². The van der Waals surface area contributed by atoms with Crippen molar-refractivity contribution in [2.24, 2.45) is 0 Å². The van der Waals surface area contributed by atoms with E-state index in [2.05, 4.69) is 10.1 Å². The molecule has 0 bridgehead atoms. The van der Waals surface area contributed by atoms with Gasteiger partial charge in [0.1, 0.15) is 17.3 Å². The number of nitrogens with zero attached hydrogens (tertiary/aromatic N) is 3. The molecule has 2 heterocycles. The third-order valence-corrected chi connectivity index (χ3v) is 3.62. The van der Waals surface area contributed by atoms with Crippen LogP contribution in [0.25, 0.3) is 5.65 Å². The minimum Gasteiger partial charge on any atom is -0.456 e. The summed E-state index contributed by atoms with van der Waals surface area (Å²) in [4.78, 5) is 16.9. The van der Waals surface area contributed by atoms with E-state index in [1.54, 1.807) is 33.9 Å². The topological polar surface area (TPSA) is 75.0 Å². The highest BCUT2D eigenvalue weighted by atomic mass is 35.5. The third kappa shape index (κ3) is 3.85. The van der Waals surface area contributed by atoms with Crippen LogP contribution < -0.4 is 0 Å². The smallest absolute Gasteiger partial charge is 0.342 e. The summed E-state index contributed by atoms with van der Waals surface area (Å²) in [5.74, 6) is -0.510. The van der Waals surface area contributed by atoms with Gasteiger partial charge in [-0.15, -0.1) is 0 Å². The molecule has 0 saturated heterocycles. The molecule has 2 aromatic rings. The lowest BCUT2D eigenvalue weighted by molar-refractivity contribution is -0.0323. The zero-order valence-corrected chi connectivity index (χ0v) is 15.4. The number of rotatable bonds is 5. The summed E-state index contributed by atoms with van der Waals surface area (Å²) in [5, 5.41) is 4.48. The fraction of sp³-hybridized carbons (Fsp3) is 0.562. The van der Waals surface area contributed by atoms with Crippen LogP contribution in [0.15, 0.2) is 12.3 Å². The average Bonchev–Trinajstić information content (AvgIpc) is 2.86. The van der Waals surface area contributed by atoms with E-state index in [4.69, 9.17) is 25.8 Å². The Morgan fingerprint density at radius 1 is 1.29 bits per heavy atom. The molecular formula is C16H22ClN3O4. The number of fused-ring (bicyclic) bond motifs is 1. The van der Waals surface area contributed by atoms with Crippen molar-refractivity contribution >= 4 is 23.2 Å². The number of ether oxygens (including phenoxy) is 3. The van der Waals surface area contributed by atoms with Crippen molar-refractivity contribution in [2.45, 2.75) is 45.5 Å². The van der Waals surface area contributed by atoms with Crippen LogP contribution in [0.3, 0.4) is 0 Å². The van der Waals surface area contributed by atoms with Crippen molar-refractivity contribution in [3.8, 4) is 0 Å². The van der Waals surface area contributed by atoms with Gasteiger partial charge in [-0.2, -0.15) is 5.10 Å². The Balaban J connectivity index is 2.66. The molecule has 0 unspecified atom stereocenters. The Bertz CT molecular complexity index is 739. The molecule has 2 atom stereocenters. The van der Waals surface area contributed by atoms with Crippen LogP contribution in [0.4, 0.5) is 0 Å². The maximum absolute atomic E-state index is 12.6. The molecule has 8 heteroatoms. The van der Waals surface area contributed by atoms with E-state index in [1.807, 2.05) is 6.92 Å². The summed E-state index contributed by atoms with van der Waals surface area (Å²) in [6.45, 7) is 7.23. The fourth-order valence-electron chi connectivity index (χ4n) is 2.34. The number of hydrogen-bond acceptors (Lipinski definition) is 6. The monoisotopic (exact) mass is 355 g/mol. The summed E-state index contributed by atoms with van der Waals surface area (Å²) in [7, 11) is 3.11. The van der Waals surface area contributed by atoms with Crippen LogP contribution in [0.1, 0.15) is 49.9 Å². The predicted octanol–water partition coefficient (Wildman–Crippen LogP) is 3.06. The number of aromatic nitrogens is 3. The van der Waals surface area contributed by atoms with Crippen LogP contribution in [0.2, 0.25) is 5.15 Å². The highest BCUT2D eigenvalue weighted by Gasteiger charge is 2.31. The standard InChI is InChI=1S/C16H22ClN3O4/c1-9(22-5)14(23-6)13-10(15(21)24-16(2,3)4)8-18-12-7-11(17)19-20(12)13/h7-9,14H,1-6H3/t9-,14+/m1/s1. The molecule has 0 aliphatic carbocycles. The van der Waals surface area contributed by atoms with E-state index in [9.17, 15) is 4.79 Å². The number of carbonyl (C=O) groups excluding carboxylic acids is 1. The van der Waals surface area contributed by atoms with E-state index in [-0.39, 0.29) is 16.8 Å². The quantitative estimate of drug-likeness (QED) is 0.767. The molecule has 0 spiro atoms. The minimum absolute atomic E-state index is 0.257. The van der Waals surface area contributed by atoms with E-state index in [0.29, 0.717) is 11.3 Å². The Labute approximate surface area is 145 Å². The second-order valence-electron chi connectivity index (χ2n) is 6.39. The molecule has 7 nitrogen and oxygen atoms in total. The summed E-state index contributed by atoms with van der Waals surface area (Å²) in [5.41, 5.74) is 0.610. The average molecular weight is 356 g/mol. The number of hydrogen-bond donors (Lipinski definition) is 0. The second-order valence-corrected chi connectivity index (χ2v) is 6.78. The molecule has 2 rings (SSSR count). The molecule has 132 valence electrons. The van der Waals surface area contributed by atoms with Gasteiger partial charge in [-0.1, -0.05) is 11.6 Å². The molecule has 0 fully saturated rings. The van der Waals surface area contributed by atoms with Gasteiger partial charge < -0.3 is 14.2 Å². The predicted molar refractivity (Wildman–Crippen MR) is 89.4 cm³/mol. The first kappa shape index (κ1) is 18.6. The van der Waals surface area contributed by atoms with E-state index in [0.717, 1.165) is 0 Å².